The third-order valence-corrected chi connectivity index (χ3v) is 5.67. The van der Waals surface area contributed by atoms with Crippen LogP contribution in [0.2, 0.25) is 0 Å². The summed E-state index contributed by atoms with van der Waals surface area (Å²) in [6.45, 7) is 3.92. The number of carbonyl (C=O) groups is 2. The molecule has 5 nitrogen and oxygen atoms in total. The Morgan fingerprint density at radius 2 is 1.91 bits per heavy atom. The standard InChI is InChI=1S/C17H24O5/c1-3-15(18)22-17-7-11-4-12(8-17)6-13(5-11)14(17)9-21-10-16(19)20-2/h3,11-14H,1,4-10H2,2H3. The van der Waals surface area contributed by atoms with E-state index in [-0.39, 0.29) is 24.5 Å². The van der Waals surface area contributed by atoms with E-state index in [1.807, 2.05) is 0 Å². The molecule has 0 heterocycles. The van der Waals surface area contributed by atoms with Crippen LogP contribution in [-0.4, -0.2) is 37.9 Å². The van der Waals surface area contributed by atoms with Crippen molar-refractivity contribution in [2.75, 3.05) is 20.3 Å². The molecule has 3 atom stereocenters. The first-order chi connectivity index (χ1) is 10.6. The van der Waals surface area contributed by atoms with Gasteiger partial charge in [-0.15, -0.1) is 0 Å². The van der Waals surface area contributed by atoms with E-state index in [4.69, 9.17) is 9.47 Å². The van der Waals surface area contributed by atoms with Gasteiger partial charge in [0.25, 0.3) is 0 Å². The summed E-state index contributed by atoms with van der Waals surface area (Å²) < 4.78 is 16.0. The zero-order chi connectivity index (χ0) is 15.7. The lowest BCUT2D eigenvalue weighted by Gasteiger charge is -2.60. The van der Waals surface area contributed by atoms with Gasteiger partial charge in [-0.1, -0.05) is 6.58 Å². The molecule has 0 amide bonds. The highest BCUT2D eigenvalue weighted by Crippen LogP contribution is 2.60. The molecule has 4 aliphatic carbocycles. The number of carbonyl (C=O) groups excluding carboxylic acids is 2. The molecule has 4 fully saturated rings. The summed E-state index contributed by atoms with van der Waals surface area (Å²) in [5, 5.41) is 0. The van der Waals surface area contributed by atoms with Gasteiger partial charge < -0.3 is 14.2 Å². The highest BCUT2D eigenvalue weighted by Gasteiger charge is 2.59. The molecule has 3 unspecified atom stereocenters. The van der Waals surface area contributed by atoms with Crippen LogP contribution in [0.15, 0.2) is 12.7 Å². The van der Waals surface area contributed by atoms with E-state index >= 15 is 0 Å². The zero-order valence-electron chi connectivity index (χ0n) is 13.1. The van der Waals surface area contributed by atoms with Gasteiger partial charge in [-0.2, -0.15) is 0 Å². The van der Waals surface area contributed by atoms with Gasteiger partial charge in [0.15, 0.2) is 0 Å². The molecule has 0 radical (unpaired) electrons. The van der Waals surface area contributed by atoms with Gasteiger partial charge >= 0.3 is 11.9 Å². The van der Waals surface area contributed by atoms with Gasteiger partial charge in [0.05, 0.1) is 13.7 Å². The Kier molecular flexibility index (Phi) is 4.26. The summed E-state index contributed by atoms with van der Waals surface area (Å²) >= 11 is 0. The Labute approximate surface area is 131 Å². The predicted octanol–water partition coefficient (Wildman–Crippen LogP) is 2.10. The fourth-order valence-corrected chi connectivity index (χ4v) is 5.09. The molecule has 0 aromatic heterocycles. The minimum atomic E-state index is -0.420. The number of hydrogen-bond acceptors (Lipinski definition) is 5. The summed E-state index contributed by atoms with van der Waals surface area (Å²) in [4.78, 5) is 23.0. The quantitative estimate of drug-likeness (QED) is 0.555. The van der Waals surface area contributed by atoms with E-state index in [1.54, 1.807) is 0 Å². The maximum Gasteiger partial charge on any atom is 0.331 e. The predicted molar refractivity (Wildman–Crippen MR) is 78.9 cm³/mol. The average Bonchev–Trinajstić information content (AvgIpc) is 2.48. The maximum atomic E-state index is 11.8. The molecular formula is C17H24O5. The number of esters is 2. The number of hydrogen-bond donors (Lipinski definition) is 0. The smallest absolute Gasteiger partial charge is 0.331 e. The van der Waals surface area contributed by atoms with Crippen LogP contribution in [0.1, 0.15) is 32.1 Å². The van der Waals surface area contributed by atoms with Gasteiger partial charge in [0.2, 0.25) is 0 Å². The lowest BCUT2D eigenvalue weighted by atomic mass is 9.50. The normalized spacial score (nSPS) is 38.6. The van der Waals surface area contributed by atoms with E-state index in [1.165, 1.54) is 32.4 Å². The SMILES string of the molecule is C=CC(=O)OC12CC3CC(CC(C3)C1COCC(=O)OC)C2. The molecule has 122 valence electrons. The molecule has 4 saturated carbocycles. The zero-order valence-corrected chi connectivity index (χ0v) is 13.1. The molecule has 0 N–H and O–H groups in total. The lowest BCUT2D eigenvalue weighted by Crippen LogP contribution is -2.60. The third-order valence-electron chi connectivity index (χ3n) is 5.67. The molecule has 4 aliphatic rings. The summed E-state index contributed by atoms with van der Waals surface area (Å²) in [6.07, 6.45) is 6.73. The molecule has 0 aliphatic heterocycles. The van der Waals surface area contributed by atoms with Crippen molar-refractivity contribution in [1.29, 1.82) is 0 Å². The molecule has 5 heteroatoms. The van der Waals surface area contributed by atoms with Gasteiger partial charge in [0, 0.05) is 12.0 Å². The van der Waals surface area contributed by atoms with Crippen molar-refractivity contribution in [2.45, 2.75) is 37.7 Å². The number of rotatable bonds is 6. The first-order valence-corrected chi connectivity index (χ1v) is 8.06. The molecule has 22 heavy (non-hydrogen) atoms. The largest absolute Gasteiger partial charge is 0.467 e. The second-order valence-electron chi connectivity index (χ2n) is 7.00. The Morgan fingerprint density at radius 3 is 2.50 bits per heavy atom. The highest BCUT2D eigenvalue weighted by molar-refractivity contribution is 5.81. The summed E-state index contributed by atoms with van der Waals surface area (Å²) in [7, 11) is 1.35. The lowest BCUT2D eigenvalue weighted by molar-refractivity contribution is -0.213. The Hall–Kier alpha value is -1.36. The van der Waals surface area contributed by atoms with E-state index in [9.17, 15) is 9.59 Å². The first kappa shape index (κ1) is 15.5. The summed E-state index contributed by atoms with van der Waals surface area (Å²) in [5.74, 6) is 1.30. The summed E-state index contributed by atoms with van der Waals surface area (Å²) in [6, 6.07) is 0. The Bertz CT molecular complexity index is 458. The number of ether oxygens (including phenoxy) is 3. The molecule has 4 rings (SSSR count). The van der Waals surface area contributed by atoms with E-state index in [0.717, 1.165) is 12.8 Å². The van der Waals surface area contributed by atoms with Crippen molar-refractivity contribution in [3.05, 3.63) is 12.7 Å². The molecule has 0 aromatic carbocycles. The highest BCUT2D eigenvalue weighted by atomic mass is 16.6. The maximum absolute atomic E-state index is 11.8. The van der Waals surface area contributed by atoms with Crippen LogP contribution in [0.5, 0.6) is 0 Å². The third kappa shape index (κ3) is 2.78. The van der Waals surface area contributed by atoms with Gasteiger partial charge in [0.1, 0.15) is 12.2 Å². The topological polar surface area (TPSA) is 61.8 Å². The molecule has 0 aromatic rings. The van der Waals surface area contributed by atoms with E-state index in [2.05, 4.69) is 11.3 Å². The van der Waals surface area contributed by atoms with Gasteiger partial charge in [-0.25, -0.2) is 9.59 Å². The van der Waals surface area contributed by atoms with Crippen LogP contribution in [0.25, 0.3) is 0 Å². The van der Waals surface area contributed by atoms with Crippen LogP contribution in [0.4, 0.5) is 0 Å². The second kappa shape index (κ2) is 6.03. The fraction of sp³-hybridized carbons (Fsp3) is 0.765. The number of methoxy groups -OCH3 is 1. The summed E-state index contributed by atoms with van der Waals surface area (Å²) in [5.41, 5.74) is -0.420. The first-order valence-electron chi connectivity index (χ1n) is 8.06. The van der Waals surface area contributed by atoms with Crippen LogP contribution in [-0.2, 0) is 23.8 Å². The van der Waals surface area contributed by atoms with Crippen molar-refractivity contribution < 1.29 is 23.8 Å². The van der Waals surface area contributed by atoms with Gasteiger partial charge in [-0.05, 0) is 49.9 Å². The molecule has 0 saturated heterocycles. The van der Waals surface area contributed by atoms with E-state index in [0.29, 0.717) is 24.4 Å². The molecule has 4 bridgehead atoms. The monoisotopic (exact) mass is 308 g/mol. The second-order valence-corrected chi connectivity index (χ2v) is 7.00. The van der Waals surface area contributed by atoms with Crippen molar-refractivity contribution >= 4 is 11.9 Å². The molecule has 0 spiro atoms. The van der Waals surface area contributed by atoms with Gasteiger partial charge in [-0.3, -0.25) is 0 Å². The fourth-order valence-electron chi connectivity index (χ4n) is 5.09. The van der Waals surface area contributed by atoms with Crippen LogP contribution < -0.4 is 0 Å². The molecular weight excluding hydrogens is 284 g/mol. The van der Waals surface area contributed by atoms with Crippen LogP contribution >= 0.6 is 0 Å². The van der Waals surface area contributed by atoms with Crippen molar-refractivity contribution in [3.63, 3.8) is 0 Å². The minimum absolute atomic E-state index is 0.0436. The Balaban J connectivity index is 1.72. The van der Waals surface area contributed by atoms with Crippen LogP contribution in [0.3, 0.4) is 0 Å². The Morgan fingerprint density at radius 1 is 1.23 bits per heavy atom. The van der Waals surface area contributed by atoms with Crippen LogP contribution in [0, 0.1) is 23.7 Å². The average molecular weight is 308 g/mol. The van der Waals surface area contributed by atoms with Crippen molar-refractivity contribution in [1.82, 2.24) is 0 Å². The van der Waals surface area contributed by atoms with Crippen molar-refractivity contribution in [3.8, 4) is 0 Å². The van der Waals surface area contributed by atoms with E-state index < -0.39 is 5.60 Å². The van der Waals surface area contributed by atoms with Crippen molar-refractivity contribution in [2.24, 2.45) is 23.7 Å². The minimum Gasteiger partial charge on any atom is -0.467 e.